The number of aliphatic carboxylic acids is 1. The van der Waals surface area contributed by atoms with Crippen LogP contribution < -0.4 is 5.32 Å². The summed E-state index contributed by atoms with van der Waals surface area (Å²) in [5.74, 6) is -0.955. The highest BCUT2D eigenvalue weighted by Crippen LogP contribution is 2.27. The summed E-state index contributed by atoms with van der Waals surface area (Å²) < 4.78 is 1.01. The van der Waals surface area contributed by atoms with Crippen LogP contribution in [-0.4, -0.2) is 28.8 Å². The third-order valence-electron chi connectivity index (χ3n) is 2.95. The number of carboxylic acids is 1. The molecular weight excluding hydrogens is 342 g/mol. The van der Waals surface area contributed by atoms with Crippen molar-refractivity contribution in [1.29, 1.82) is 0 Å². The van der Waals surface area contributed by atoms with Gasteiger partial charge in [0.1, 0.15) is 0 Å². The molecule has 2 atom stereocenters. The fourth-order valence-electron chi connectivity index (χ4n) is 1.48. The second-order valence-corrected chi connectivity index (χ2v) is 6.50. The van der Waals surface area contributed by atoms with E-state index in [4.69, 9.17) is 5.11 Å². The van der Waals surface area contributed by atoms with Crippen molar-refractivity contribution in [1.82, 2.24) is 5.32 Å². The molecule has 0 spiro atoms. The lowest BCUT2D eigenvalue weighted by Gasteiger charge is -2.17. The first-order valence-corrected chi connectivity index (χ1v) is 8.09. The van der Waals surface area contributed by atoms with Gasteiger partial charge < -0.3 is 10.4 Å². The number of thioether (sulfide) groups is 1. The van der Waals surface area contributed by atoms with Gasteiger partial charge in [-0.05, 0) is 41.9 Å². The quantitative estimate of drug-likeness (QED) is 0.733. The van der Waals surface area contributed by atoms with E-state index in [9.17, 15) is 9.59 Å². The minimum atomic E-state index is -0.902. The van der Waals surface area contributed by atoms with Crippen LogP contribution in [0.5, 0.6) is 0 Å². The summed E-state index contributed by atoms with van der Waals surface area (Å²) in [6.45, 7) is 3.29. The van der Waals surface area contributed by atoms with Crippen molar-refractivity contribution in [2.24, 2.45) is 5.92 Å². The lowest BCUT2D eigenvalue weighted by atomic mass is 10.0. The standard InChI is InChI=1S/C14H18BrNO3S/c1-9(14(18)19)10(2)16-13(17)7-8-20-12-6-4-3-5-11(12)15/h3-6,9-10H,7-8H2,1-2H3,(H,16,17)(H,18,19). The second kappa shape index (κ2) is 8.32. The van der Waals surface area contributed by atoms with Crippen molar-refractivity contribution in [3.05, 3.63) is 28.7 Å². The Morgan fingerprint density at radius 1 is 1.35 bits per heavy atom. The Balaban J connectivity index is 2.34. The number of rotatable bonds is 7. The van der Waals surface area contributed by atoms with Crippen molar-refractivity contribution in [2.75, 3.05) is 5.75 Å². The smallest absolute Gasteiger partial charge is 0.308 e. The number of carbonyl (C=O) groups excluding carboxylic acids is 1. The molecule has 20 heavy (non-hydrogen) atoms. The SMILES string of the molecule is CC(NC(=O)CCSc1ccccc1Br)C(C)C(=O)O. The molecule has 1 amide bonds. The summed E-state index contributed by atoms with van der Waals surface area (Å²) in [4.78, 5) is 23.6. The van der Waals surface area contributed by atoms with Gasteiger partial charge in [0.2, 0.25) is 5.91 Å². The van der Waals surface area contributed by atoms with Crippen LogP contribution in [-0.2, 0) is 9.59 Å². The number of carbonyl (C=O) groups is 2. The van der Waals surface area contributed by atoms with Crippen molar-refractivity contribution < 1.29 is 14.7 Å². The summed E-state index contributed by atoms with van der Waals surface area (Å²) in [6.07, 6.45) is 0.364. The molecule has 2 unspecified atom stereocenters. The lowest BCUT2D eigenvalue weighted by molar-refractivity contribution is -0.142. The minimum Gasteiger partial charge on any atom is -0.481 e. The van der Waals surface area contributed by atoms with Crippen molar-refractivity contribution in [2.45, 2.75) is 31.2 Å². The normalized spacial score (nSPS) is 13.6. The van der Waals surface area contributed by atoms with Gasteiger partial charge in [0.15, 0.2) is 0 Å². The van der Waals surface area contributed by atoms with Crippen LogP contribution in [0.4, 0.5) is 0 Å². The predicted octanol–water partition coefficient (Wildman–Crippen LogP) is 3.16. The number of halogens is 1. The summed E-state index contributed by atoms with van der Waals surface area (Å²) in [5, 5.41) is 11.6. The molecular formula is C14H18BrNO3S. The molecule has 1 aromatic rings. The lowest BCUT2D eigenvalue weighted by Crippen LogP contribution is -2.40. The number of hydrogen-bond acceptors (Lipinski definition) is 3. The van der Waals surface area contributed by atoms with E-state index in [2.05, 4.69) is 21.2 Å². The van der Waals surface area contributed by atoms with Crippen LogP contribution in [0.3, 0.4) is 0 Å². The minimum absolute atomic E-state index is 0.120. The molecule has 1 rings (SSSR count). The van der Waals surface area contributed by atoms with Crippen LogP contribution >= 0.6 is 27.7 Å². The van der Waals surface area contributed by atoms with Gasteiger partial charge in [0.25, 0.3) is 0 Å². The van der Waals surface area contributed by atoms with Gasteiger partial charge in [-0.15, -0.1) is 11.8 Å². The molecule has 1 aromatic carbocycles. The van der Waals surface area contributed by atoms with E-state index in [0.717, 1.165) is 9.37 Å². The third-order valence-corrected chi connectivity index (χ3v) is 4.98. The second-order valence-electron chi connectivity index (χ2n) is 4.51. The Morgan fingerprint density at radius 2 is 2.00 bits per heavy atom. The Bertz CT molecular complexity index is 481. The van der Waals surface area contributed by atoms with Gasteiger partial charge in [-0.3, -0.25) is 9.59 Å². The molecule has 4 nitrogen and oxygen atoms in total. The van der Waals surface area contributed by atoms with Gasteiger partial charge in [-0.1, -0.05) is 12.1 Å². The molecule has 0 radical (unpaired) electrons. The highest BCUT2D eigenvalue weighted by atomic mass is 79.9. The van der Waals surface area contributed by atoms with E-state index in [0.29, 0.717) is 12.2 Å². The molecule has 0 bridgehead atoms. The first-order chi connectivity index (χ1) is 9.41. The van der Waals surface area contributed by atoms with Crippen LogP contribution in [0.1, 0.15) is 20.3 Å². The monoisotopic (exact) mass is 359 g/mol. The maximum Gasteiger partial charge on any atom is 0.308 e. The number of benzene rings is 1. The van der Waals surface area contributed by atoms with Crippen molar-refractivity contribution >= 4 is 39.6 Å². The van der Waals surface area contributed by atoms with Crippen LogP contribution in [0, 0.1) is 5.92 Å². The third kappa shape index (κ3) is 5.54. The molecule has 2 N–H and O–H groups in total. The Kier molecular flexibility index (Phi) is 7.09. The van der Waals surface area contributed by atoms with Gasteiger partial charge in [0.05, 0.1) is 5.92 Å². The van der Waals surface area contributed by atoms with Gasteiger partial charge >= 0.3 is 5.97 Å². The fraction of sp³-hybridized carbons (Fsp3) is 0.429. The highest BCUT2D eigenvalue weighted by Gasteiger charge is 2.20. The molecule has 0 heterocycles. The van der Waals surface area contributed by atoms with Crippen molar-refractivity contribution in [3.8, 4) is 0 Å². The first kappa shape index (κ1) is 17.0. The molecule has 0 saturated heterocycles. The number of amides is 1. The maximum atomic E-state index is 11.7. The van der Waals surface area contributed by atoms with E-state index in [1.54, 1.807) is 25.6 Å². The molecule has 0 aliphatic carbocycles. The Hall–Kier alpha value is -1.01. The molecule has 0 aliphatic rings. The molecule has 0 saturated carbocycles. The van der Waals surface area contributed by atoms with E-state index in [1.165, 1.54) is 0 Å². The zero-order chi connectivity index (χ0) is 15.1. The number of carboxylic acid groups (broad SMARTS) is 1. The average molecular weight is 360 g/mol. The molecule has 0 aliphatic heterocycles. The maximum absolute atomic E-state index is 11.7. The van der Waals surface area contributed by atoms with E-state index in [-0.39, 0.29) is 11.9 Å². The summed E-state index contributed by atoms with van der Waals surface area (Å²) in [5.41, 5.74) is 0. The zero-order valence-electron chi connectivity index (χ0n) is 11.4. The average Bonchev–Trinajstić information content (AvgIpc) is 2.39. The predicted molar refractivity (Wildman–Crippen MR) is 83.9 cm³/mol. The Labute approximate surface area is 131 Å². The van der Waals surface area contributed by atoms with E-state index < -0.39 is 11.9 Å². The topological polar surface area (TPSA) is 66.4 Å². The fourth-order valence-corrected chi connectivity index (χ4v) is 3.00. The molecule has 0 fully saturated rings. The number of hydrogen-bond donors (Lipinski definition) is 2. The Morgan fingerprint density at radius 3 is 2.60 bits per heavy atom. The summed E-state index contributed by atoms with van der Waals surface area (Å²) in [7, 11) is 0. The van der Waals surface area contributed by atoms with Crippen molar-refractivity contribution in [3.63, 3.8) is 0 Å². The first-order valence-electron chi connectivity index (χ1n) is 6.31. The van der Waals surface area contributed by atoms with Crippen LogP contribution in [0.15, 0.2) is 33.6 Å². The zero-order valence-corrected chi connectivity index (χ0v) is 13.8. The van der Waals surface area contributed by atoms with E-state index >= 15 is 0 Å². The summed E-state index contributed by atoms with van der Waals surface area (Å²) >= 11 is 5.05. The van der Waals surface area contributed by atoms with Gasteiger partial charge in [-0.2, -0.15) is 0 Å². The van der Waals surface area contributed by atoms with E-state index in [1.807, 2.05) is 24.3 Å². The largest absolute Gasteiger partial charge is 0.481 e. The molecule has 0 aromatic heterocycles. The van der Waals surface area contributed by atoms with Gasteiger partial charge in [-0.25, -0.2) is 0 Å². The number of nitrogens with one attached hydrogen (secondary N) is 1. The van der Waals surface area contributed by atoms with Crippen LogP contribution in [0.2, 0.25) is 0 Å². The summed E-state index contributed by atoms with van der Waals surface area (Å²) in [6, 6.07) is 7.47. The highest BCUT2D eigenvalue weighted by molar-refractivity contribution is 9.10. The van der Waals surface area contributed by atoms with Crippen LogP contribution in [0.25, 0.3) is 0 Å². The molecule has 6 heteroatoms. The van der Waals surface area contributed by atoms with Gasteiger partial charge in [0, 0.05) is 27.6 Å². The molecule has 110 valence electrons.